The predicted molar refractivity (Wildman–Crippen MR) is 72.9 cm³/mol. The number of hydrogen-bond acceptors (Lipinski definition) is 3. The van der Waals surface area contributed by atoms with Crippen LogP contribution >= 0.6 is 0 Å². The van der Waals surface area contributed by atoms with Gasteiger partial charge >= 0.3 is 0 Å². The van der Waals surface area contributed by atoms with Gasteiger partial charge in [-0.25, -0.2) is 4.98 Å². The van der Waals surface area contributed by atoms with Crippen molar-refractivity contribution < 1.29 is 0 Å². The second-order valence-electron chi connectivity index (χ2n) is 3.53. The van der Waals surface area contributed by atoms with Gasteiger partial charge in [0.1, 0.15) is 5.65 Å². The molecule has 4 heteroatoms. The monoisotopic (exact) mass is 239 g/mol. The highest BCUT2D eigenvalue weighted by Crippen LogP contribution is 2.02. The fraction of sp³-hybridized carbons (Fsp3) is 0. The average molecular weight is 239 g/mol. The molecule has 0 amide bonds. The van der Waals surface area contributed by atoms with E-state index in [0.29, 0.717) is 5.65 Å². The second kappa shape index (κ2) is 6.20. The molecule has 0 aromatic carbocycles. The summed E-state index contributed by atoms with van der Waals surface area (Å²) in [5, 5.41) is 3.87. The van der Waals surface area contributed by atoms with E-state index in [2.05, 4.69) is 15.3 Å². The Labute approximate surface area is 104 Å². The zero-order valence-electron chi connectivity index (χ0n) is 9.71. The first kappa shape index (κ1) is 11.9. The molecule has 3 rings (SSSR count). The minimum atomic E-state index is -0.115. The van der Waals surface area contributed by atoms with Crippen molar-refractivity contribution >= 4 is 11.0 Å². The van der Waals surface area contributed by atoms with Crippen molar-refractivity contribution in [2.24, 2.45) is 0 Å². The summed E-state index contributed by atoms with van der Waals surface area (Å²) in [5.41, 5.74) is 0.524. The summed E-state index contributed by atoms with van der Waals surface area (Å²) in [6.07, 6.45) is 13.2. The van der Waals surface area contributed by atoms with Gasteiger partial charge in [0.15, 0.2) is 0 Å². The number of allylic oxidation sites excluding steroid dienone is 4. The predicted octanol–water partition coefficient (Wildman–Crippen LogP) is 2.10. The van der Waals surface area contributed by atoms with E-state index in [1.165, 1.54) is 6.07 Å². The molecule has 0 unspecified atom stereocenters. The Bertz CT molecular complexity index is 639. The Morgan fingerprint density at radius 1 is 0.944 bits per heavy atom. The number of aromatic nitrogens is 2. The molecule has 18 heavy (non-hydrogen) atoms. The lowest BCUT2D eigenvalue weighted by Gasteiger charge is -1.92. The maximum absolute atomic E-state index is 10.8. The van der Waals surface area contributed by atoms with E-state index in [1.807, 2.05) is 48.8 Å². The third-order valence-electron chi connectivity index (χ3n) is 2.21. The minimum Gasteiger partial charge on any atom is -0.368 e. The summed E-state index contributed by atoms with van der Waals surface area (Å²) in [6, 6.07) is 6.98. The van der Waals surface area contributed by atoms with Crippen LogP contribution in [0.5, 0.6) is 0 Å². The zero-order chi connectivity index (χ0) is 12.6. The highest BCUT2D eigenvalue weighted by molar-refractivity contribution is 5.73. The van der Waals surface area contributed by atoms with E-state index < -0.39 is 0 Å². The van der Waals surface area contributed by atoms with Crippen LogP contribution in [0.1, 0.15) is 0 Å². The van der Waals surface area contributed by atoms with Crippen molar-refractivity contribution in [3.63, 3.8) is 0 Å². The van der Waals surface area contributed by atoms with Crippen LogP contribution in [0.2, 0.25) is 0 Å². The van der Waals surface area contributed by atoms with Crippen molar-refractivity contribution in [2.45, 2.75) is 0 Å². The van der Waals surface area contributed by atoms with E-state index in [-0.39, 0.29) is 5.56 Å². The molecule has 2 N–H and O–H groups in total. The first-order chi connectivity index (χ1) is 8.86. The van der Waals surface area contributed by atoms with E-state index in [9.17, 15) is 4.79 Å². The van der Waals surface area contributed by atoms with E-state index >= 15 is 0 Å². The van der Waals surface area contributed by atoms with Gasteiger partial charge in [0.05, 0.1) is 0 Å². The second-order valence-corrected chi connectivity index (χ2v) is 3.53. The first-order valence-corrected chi connectivity index (χ1v) is 5.55. The molecule has 0 bridgehead atoms. The lowest BCUT2D eigenvalue weighted by molar-refractivity contribution is 1.20. The van der Waals surface area contributed by atoms with Gasteiger partial charge in [-0.1, -0.05) is 12.2 Å². The molecule has 90 valence electrons. The standard InChI is InChI=1S/C8H6N2O.C6H7N/c11-7-4-3-6-2-1-5-9-8(6)10-7;1-2-4-6-7-5-3-1/h1-5H,(H,9,10,11);1-7H. The molecular weight excluding hydrogens is 226 g/mol. The third-order valence-corrected chi connectivity index (χ3v) is 2.21. The summed E-state index contributed by atoms with van der Waals surface area (Å²) >= 11 is 0. The highest BCUT2D eigenvalue weighted by atomic mass is 16.1. The number of fused-ring (bicyclic) bond motifs is 1. The van der Waals surface area contributed by atoms with Crippen LogP contribution in [-0.2, 0) is 0 Å². The number of nitrogens with zero attached hydrogens (tertiary/aromatic N) is 1. The maximum atomic E-state index is 10.8. The van der Waals surface area contributed by atoms with Gasteiger partial charge in [0.2, 0.25) is 5.56 Å². The Morgan fingerprint density at radius 2 is 1.72 bits per heavy atom. The molecule has 4 nitrogen and oxygen atoms in total. The van der Waals surface area contributed by atoms with Crippen LogP contribution in [0.3, 0.4) is 0 Å². The lowest BCUT2D eigenvalue weighted by Crippen LogP contribution is -2.02. The van der Waals surface area contributed by atoms with Gasteiger partial charge in [-0.05, 0) is 30.4 Å². The van der Waals surface area contributed by atoms with Crippen molar-refractivity contribution in [3.8, 4) is 0 Å². The molecule has 0 fully saturated rings. The molecule has 0 saturated heterocycles. The number of pyridine rings is 2. The number of hydrogen-bond donors (Lipinski definition) is 2. The molecule has 2 aromatic rings. The molecule has 3 heterocycles. The fourth-order valence-corrected chi connectivity index (χ4v) is 1.39. The van der Waals surface area contributed by atoms with Crippen molar-refractivity contribution in [2.75, 3.05) is 0 Å². The normalized spacial score (nSPS) is 12.4. The minimum absolute atomic E-state index is 0.115. The van der Waals surface area contributed by atoms with Gasteiger partial charge in [0, 0.05) is 30.0 Å². The van der Waals surface area contributed by atoms with Crippen molar-refractivity contribution in [1.82, 2.24) is 15.3 Å². The molecule has 0 saturated carbocycles. The topological polar surface area (TPSA) is 57.8 Å². The lowest BCUT2D eigenvalue weighted by atomic mass is 10.3. The summed E-state index contributed by atoms with van der Waals surface area (Å²) in [5.74, 6) is 0. The molecule has 1 aliphatic heterocycles. The number of nitrogens with one attached hydrogen (secondary N) is 2. The Hall–Kier alpha value is -2.62. The summed E-state index contributed by atoms with van der Waals surface area (Å²) in [4.78, 5) is 17.4. The van der Waals surface area contributed by atoms with Gasteiger partial charge in [-0.3, -0.25) is 4.79 Å². The molecular formula is C14H13N3O. The molecule has 0 atom stereocenters. The Balaban J connectivity index is 0.000000149. The molecule has 1 aliphatic rings. The van der Waals surface area contributed by atoms with E-state index in [4.69, 9.17) is 0 Å². The average Bonchev–Trinajstić information content (AvgIpc) is 2.71. The first-order valence-electron chi connectivity index (χ1n) is 5.55. The Kier molecular flexibility index (Phi) is 4.08. The molecule has 0 aliphatic carbocycles. The third kappa shape index (κ3) is 3.45. The highest BCUT2D eigenvalue weighted by Gasteiger charge is 1.90. The van der Waals surface area contributed by atoms with Gasteiger partial charge in [0.25, 0.3) is 0 Å². The van der Waals surface area contributed by atoms with Crippen LogP contribution in [0.4, 0.5) is 0 Å². The van der Waals surface area contributed by atoms with Crippen LogP contribution < -0.4 is 10.9 Å². The van der Waals surface area contributed by atoms with Crippen molar-refractivity contribution in [1.29, 1.82) is 0 Å². The van der Waals surface area contributed by atoms with E-state index in [1.54, 1.807) is 12.3 Å². The fourth-order valence-electron chi connectivity index (χ4n) is 1.39. The van der Waals surface area contributed by atoms with Gasteiger partial charge in [-0.2, -0.15) is 0 Å². The van der Waals surface area contributed by atoms with Crippen LogP contribution in [0, 0.1) is 0 Å². The number of H-pyrrole nitrogens is 1. The quantitative estimate of drug-likeness (QED) is 0.740. The van der Waals surface area contributed by atoms with Gasteiger partial charge < -0.3 is 10.3 Å². The molecule has 2 aromatic heterocycles. The number of rotatable bonds is 0. The maximum Gasteiger partial charge on any atom is 0.249 e. The van der Waals surface area contributed by atoms with Crippen LogP contribution in [-0.4, -0.2) is 9.97 Å². The SMILES string of the molecule is C1=CC=CNC=C1.O=c1ccc2cccnc2[nH]1. The largest absolute Gasteiger partial charge is 0.368 e. The summed E-state index contributed by atoms with van der Waals surface area (Å²) in [6.45, 7) is 0. The van der Waals surface area contributed by atoms with Crippen molar-refractivity contribution in [3.05, 3.63) is 77.5 Å². The Morgan fingerprint density at radius 3 is 2.50 bits per heavy atom. The van der Waals surface area contributed by atoms with Crippen LogP contribution in [0.25, 0.3) is 11.0 Å². The van der Waals surface area contributed by atoms with Gasteiger partial charge in [-0.15, -0.1) is 0 Å². The van der Waals surface area contributed by atoms with E-state index in [0.717, 1.165) is 5.39 Å². The number of aromatic amines is 1. The summed E-state index contributed by atoms with van der Waals surface area (Å²) in [7, 11) is 0. The zero-order valence-corrected chi connectivity index (χ0v) is 9.71. The van der Waals surface area contributed by atoms with Crippen LogP contribution in [0.15, 0.2) is 72.0 Å². The smallest absolute Gasteiger partial charge is 0.249 e. The molecule has 0 spiro atoms. The molecule has 0 radical (unpaired) electrons. The summed E-state index contributed by atoms with van der Waals surface area (Å²) < 4.78 is 0.